The van der Waals surface area contributed by atoms with E-state index < -0.39 is 0 Å². The molecular formula is C11H24N2. The summed E-state index contributed by atoms with van der Waals surface area (Å²) < 4.78 is 0. The predicted octanol–water partition coefficient (Wildman–Crippen LogP) is 1.91. The van der Waals surface area contributed by atoms with Gasteiger partial charge in [0.25, 0.3) is 0 Å². The van der Waals surface area contributed by atoms with Crippen molar-refractivity contribution in [2.24, 2.45) is 0 Å². The predicted molar refractivity (Wildman–Crippen MR) is 58.0 cm³/mol. The number of nitrogens with one attached hydrogen (secondary N) is 2. The van der Waals surface area contributed by atoms with Gasteiger partial charge in [-0.05, 0) is 38.8 Å². The second kappa shape index (κ2) is 5.61. The van der Waals surface area contributed by atoms with Crippen LogP contribution in [-0.4, -0.2) is 25.2 Å². The zero-order valence-electron chi connectivity index (χ0n) is 9.16. The smallest absolute Gasteiger partial charge is 0.0304 e. The molecule has 1 rings (SSSR count). The Morgan fingerprint density at radius 3 is 2.77 bits per heavy atom. The van der Waals surface area contributed by atoms with Crippen molar-refractivity contribution in [1.82, 2.24) is 10.6 Å². The van der Waals surface area contributed by atoms with Crippen LogP contribution < -0.4 is 10.6 Å². The highest BCUT2D eigenvalue weighted by Gasteiger charge is 2.30. The molecule has 0 saturated carbocycles. The van der Waals surface area contributed by atoms with Gasteiger partial charge in [0.15, 0.2) is 0 Å². The molecule has 1 fully saturated rings. The lowest BCUT2D eigenvalue weighted by molar-refractivity contribution is 0.340. The molecule has 1 heterocycles. The second-order valence-electron chi connectivity index (χ2n) is 4.19. The third-order valence-electron chi connectivity index (χ3n) is 3.18. The van der Waals surface area contributed by atoms with E-state index in [4.69, 9.17) is 0 Å². The monoisotopic (exact) mass is 184 g/mol. The zero-order valence-corrected chi connectivity index (χ0v) is 9.16. The van der Waals surface area contributed by atoms with E-state index in [0.29, 0.717) is 5.54 Å². The van der Waals surface area contributed by atoms with Crippen LogP contribution in [0.15, 0.2) is 0 Å². The van der Waals surface area contributed by atoms with E-state index in [9.17, 15) is 0 Å². The van der Waals surface area contributed by atoms with E-state index in [1.165, 1.54) is 45.2 Å². The van der Waals surface area contributed by atoms with Crippen LogP contribution >= 0.6 is 0 Å². The van der Waals surface area contributed by atoms with Crippen LogP contribution in [0.5, 0.6) is 0 Å². The lowest BCUT2D eigenvalue weighted by Crippen LogP contribution is -2.48. The molecule has 0 amide bonds. The summed E-state index contributed by atoms with van der Waals surface area (Å²) in [6.07, 6.45) is 6.55. The molecule has 2 N–H and O–H groups in total. The average molecular weight is 184 g/mol. The number of unbranched alkanes of at least 4 members (excludes halogenated alkanes) is 1. The Morgan fingerprint density at radius 1 is 1.38 bits per heavy atom. The summed E-state index contributed by atoms with van der Waals surface area (Å²) in [7, 11) is 0. The van der Waals surface area contributed by atoms with Crippen molar-refractivity contribution in [3.63, 3.8) is 0 Å². The third-order valence-corrected chi connectivity index (χ3v) is 3.18. The molecule has 0 aromatic rings. The van der Waals surface area contributed by atoms with Crippen molar-refractivity contribution in [2.45, 2.75) is 51.5 Å². The van der Waals surface area contributed by atoms with Crippen LogP contribution in [0, 0.1) is 0 Å². The molecule has 1 aliphatic rings. The van der Waals surface area contributed by atoms with E-state index >= 15 is 0 Å². The first-order valence-electron chi connectivity index (χ1n) is 5.79. The van der Waals surface area contributed by atoms with Gasteiger partial charge >= 0.3 is 0 Å². The first kappa shape index (κ1) is 11.0. The summed E-state index contributed by atoms with van der Waals surface area (Å²) in [5.41, 5.74) is 0.424. The SMILES string of the molecule is CCCCNCC1(CC)CCCN1. The number of hydrogen-bond acceptors (Lipinski definition) is 2. The molecule has 78 valence electrons. The van der Waals surface area contributed by atoms with Crippen LogP contribution in [0.25, 0.3) is 0 Å². The van der Waals surface area contributed by atoms with E-state index in [0.717, 1.165) is 6.54 Å². The Bertz CT molecular complexity index is 128. The van der Waals surface area contributed by atoms with Crippen molar-refractivity contribution in [2.75, 3.05) is 19.6 Å². The first-order chi connectivity index (χ1) is 6.33. The summed E-state index contributed by atoms with van der Waals surface area (Å²) in [5, 5.41) is 7.19. The fraction of sp³-hybridized carbons (Fsp3) is 1.00. The van der Waals surface area contributed by atoms with E-state index in [1.807, 2.05) is 0 Å². The van der Waals surface area contributed by atoms with Gasteiger partial charge in [-0.25, -0.2) is 0 Å². The topological polar surface area (TPSA) is 24.1 Å². The molecule has 0 aliphatic carbocycles. The van der Waals surface area contributed by atoms with E-state index in [-0.39, 0.29) is 0 Å². The zero-order chi connectivity index (χ0) is 9.57. The molecule has 0 radical (unpaired) electrons. The molecule has 1 unspecified atom stereocenters. The molecule has 0 spiro atoms. The lowest BCUT2D eigenvalue weighted by Gasteiger charge is -2.28. The van der Waals surface area contributed by atoms with Gasteiger partial charge in [0, 0.05) is 12.1 Å². The van der Waals surface area contributed by atoms with Crippen molar-refractivity contribution in [3.05, 3.63) is 0 Å². The number of hydrogen-bond donors (Lipinski definition) is 2. The van der Waals surface area contributed by atoms with Gasteiger partial charge < -0.3 is 10.6 Å². The molecule has 13 heavy (non-hydrogen) atoms. The quantitative estimate of drug-likeness (QED) is 0.616. The van der Waals surface area contributed by atoms with Gasteiger partial charge in [-0.1, -0.05) is 20.3 Å². The fourth-order valence-corrected chi connectivity index (χ4v) is 2.08. The fourth-order valence-electron chi connectivity index (χ4n) is 2.08. The molecule has 1 atom stereocenters. The maximum absolute atomic E-state index is 3.63. The van der Waals surface area contributed by atoms with Crippen LogP contribution in [0.4, 0.5) is 0 Å². The Morgan fingerprint density at radius 2 is 2.23 bits per heavy atom. The molecule has 0 bridgehead atoms. The van der Waals surface area contributed by atoms with Crippen molar-refractivity contribution in [1.29, 1.82) is 0 Å². The number of rotatable bonds is 6. The van der Waals surface area contributed by atoms with Crippen LogP contribution in [0.1, 0.15) is 46.0 Å². The Balaban J connectivity index is 2.16. The molecule has 0 aromatic carbocycles. The molecular weight excluding hydrogens is 160 g/mol. The van der Waals surface area contributed by atoms with Crippen LogP contribution in [0.2, 0.25) is 0 Å². The lowest BCUT2D eigenvalue weighted by atomic mass is 9.94. The summed E-state index contributed by atoms with van der Waals surface area (Å²) in [4.78, 5) is 0. The Hall–Kier alpha value is -0.0800. The normalized spacial score (nSPS) is 28.2. The van der Waals surface area contributed by atoms with Gasteiger partial charge in [-0.15, -0.1) is 0 Å². The van der Waals surface area contributed by atoms with Crippen molar-refractivity contribution in [3.8, 4) is 0 Å². The average Bonchev–Trinajstić information content (AvgIpc) is 2.62. The minimum atomic E-state index is 0.424. The second-order valence-corrected chi connectivity index (χ2v) is 4.19. The van der Waals surface area contributed by atoms with E-state index in [1.54, 1.807) is 0 Å². The highest BCUT2D eigenvalue weighted by atomic mass is 15.1. The molecule has 2 heteroatoms. The summed E-state index contributed by atoms with van der Waals surface area (Å²) in [5.74, 6) is 0. The van der Waals surface area contributed by atoms with Gasteiger partial charge in [-0.2, -0.15) is 0 Å². The van der Waals surface area contributed by atoms with Crippen LogP contribution in [-0.2, 0) is 0 Å². The highest BCUT2D eigenvalue weighted by molar-refractivity contribution is 4.93. The van der Waals surface area contributed by atoms with E-state index in [2.05, 4.69) is 24.5 Å². The summed E-state index contributed by atoms with van der Waals surface area (Å²) in [6, 6.07) is 0. The minimum absolute atomic E-state index is 0.424. The van der Waals surface area contributed by atoms with Crippen molar-refractivity contribution >= 4 is 0 Å². The van der Waals surface area contributed by atoms with Crippen molar-refractivity contribution < 1.29 is 0 Å². The minimum Gasteiger partial charge on any atom is -0.315 e. The summed E-state index contributed by atoms with van der Waals surface area (Å²) in [6.45, 7) is 8.08. The molecule has 2 nitrogen and oxygen atoms in total. The standard InChI is InChI=1S/C11H24N2/c1-3-5-8-12-10-11(4-2)7-6-9-13-11/h12-13H,3-10H2,1-2H3. The largest absolute Gasteiger partial charge is 0.315 e. The molecule has 1 saturated heterocycles. The highest BCUT2D eigenvalue weighted by Crippen LogP contribution is 2.21. The van der Waals surface area contributed by atoms with Gasteiger partial charge in [-0.3, -0.25) is 0 Å². The maximum Gasteiger partial charge on any atom is 0.0304 e. The van der Waals surface area contributed by atoms with Gasteiger partial charge in [0.2, 0.25) is 0 Å². The van der Waals surface area contributed by atoms with Gasteiger partial charge in [0.1, 0.15) is 0 Å². The van der Waals surface area contributed by atoms with Gasteiger partial charge in [0.05, 0.1) is 0 Å². The third kappa shape index (κ3) is 3.28. The Kier molecular flexibility index (Phi) is 4.74. The maximum atomic E-state index is 3.63. The Labute approximate surface area is 82.5 Å². The van der Waals surface area contributed by atoms with Crippen LogP contribution in [0.3, 0.4) is 0 Å². The molecule has 1 aliphatic heterocycles. The first-order valence-corrected chi connectivity index (χ1v) is 5.79. The summed E-state index contributed by atoms with van der Waals surface area (Å²) >= 11 is 0. The molecule has 0 aromatic heterocycles.